The van der Waals surface area contributed by atoms with E-state index in [9.17, 15) is 4.79 Å². The van der Waals surface area contributed by atoms with Gasteiger partial charge in [0.2, 0.25) is 0 Å². The number of aromatic nitrogens is 1. The van der Waals surface area contributed by atoms with Gasteiger partial charge in [0.1, 0.15) is 5.01 Å². The highest BCUT2D eigenvalue weighted by molar-refractivity contribution is 7.80. The van der Waals surface area contributed by atoms with E-state index in [1.807, 2.05) is 68.4 Å². The molecule has 150 valence electrons. The summed E-state index contributed by atoms with van der Waals surface area (Å²) in [7, 11) is 0. The summed E-state index contributed by atoms with van der Waals surface area (Å²) >= 11 is 13.3. The number of aryl methyl sites for hydroxylation is 2. The minimum Gasteiger partial charge on any atom is -0.331 e. The van der Waals surface area contributed by atoms with Crippen LogP contribution in [0.2, 0.25) is 5.02 Å². The molecule has 0 radical (unpaired) electrons. The van der Waals surface area contributed by atoms with Crippen LogP contribution >= 0.6 is 35.2 Å². The number of thiazole rings is 1. The first-order valence-corrected chi connectivity index (χ1v) is 10.9. The Hall–Kier alpha value is -2.80. The highest BCUT2D eigenvalue weighted by Crippen LogP contribution is 2.33. The number of carbonyl (C=O) groups excluding carboxylic acids is 1. The fourth-order valence-electron chi connectivity index (χ4n) is 3.18. The van der Waals surface area contributed by atoms with Crippen LogP contribution < -0.4 is 10.6 Å². The van der Waals surface area contributed by atoms with Crippen LogP contribution in [-0.2, 0) is 0 Å². The summed E-state index contributed by atoms with van der Waals surface area (Å²) in [5.41, 5.74) is 5.09. The molecule has 1 aromatic heterocycles. The maximum atomic E-state index is 12.5. The zero-order chi connectivity index (χ0) is 21.3. The van der Waals surface area contributed by atoms with Gasteiger partial charge in [-0.1, -0.05) is 47.0 Å². The lowest BCUT2D eigenvalue weighted by atomic mass is 10.1. The average Bonchev–Trinajstić information content (AvgIpc) is 3.13. The summed E-state index contributed by atoms with van der Waals surface area (Å²) in [6, 6.07) is 19.3. The topological polar surface area (TPSA) is 54.0 Å². The van der Waals surface area contributed by atoms with Crippen LogP contribution in [0.4, 0.5) is 5.69 Å². The average molecular weight is 452 g/mol. The molecule has 30 heavy (non-hydrogen) atoms. The van der Waals surface area contributed by atoms with Crippen molar-refractivity contribution in [3.05, 3.63) is 82.4 Å². The Morgan fingerprint density at radius 1 is 1.03 bits per heavy atom. The first-order valence-electron chi connectivity index (χ1n) is 9.25. The van der Waals surface area contributed by atoms with Crippen LogP contribution in [0.15, 0.2) is 60.7 Å². The van der Waals surface area contributed by atoms with Crippen LogP contribution in [-0.4, -0.2) is 16.0 Å². The van der Waals surface area contributed by atoms with Crippen LogP contribution in [0, 0.1) is 13.8 Å². The number of fused-ring (bicyclic) bond motifs is 1. The van der Waals surface area contributed by atoms with Crippen molar-refractivity contribution in [1.82, 2.24) is 10.3 Å². The van der Waals surface area contributed by atoms with Crippen LogP contribution in [0.1, 0.15) is 21.5 Å². The van der Waals surface area contributed by atoms with Gasteiger partial charge < -0.3 is 5.32 Å². The van der Waals surface area contributed by atoms with Crippen molar-refractivity contribution in [1.29, 1.82) is 0 Å². The zero-order valence-corrected chi connectivity index (χ0v) is 18.7. The van der Waals surface area contributed by atoms with E-state index in [1.165, 1.54) is 0 Å². The van der Waals surface area contributed by atoms with Crippen molar-refractivity contribution < 1.29 is 4.79 Å². The first kappa shape index (κ1) is 20.5. The quantitative estimate of drug-likeness (QED) is 0.356. The molecular weight excluding hydrogens is 434 g/mol. The van der Waals surface area contributed by atoms with Gasteiger partial charge in [-0.2, -0.15) is 0 Å². The van der Waals surface area contributed by atoms with Crippen molar-refractivity contribution in [3.63, 3.8) is 0 Å². The van der Waals surface area contributed by atoms with E-state index in [-0.39, 0.29) is 11.0 Å². The number of thiocarbonyl (C=S) groups is 1. The number of nitrogens with one attached hydrogen (secondary N) is 2. The van der Waals surface area contributed by atoms with Gasteiger partial charge in [-0.15, -0.1) is 11.3 Å². The summed E-state index contributed by atoms with van der Waals surface area (Å²) in [6.45, 7) is 3.90. The predicted octanol–water partition coefficient (Wildman–Crippen LogP) is 6.36. The number of para-hydroxylation sites is 1. The van der Waals surface area contributed by atoms with Crippen LogP contribution in [0.25, 0.3) is 20.8 Å². The molecule has 3 aromatic carbocycles. The summed E-state index contributed by atoms with van der Waals surface area (Å²) < 4.78 is 1.12. The number of amides is 1. The third-order valence-corrected chi connectivity index (χ3v) is 6.09. The van der Waals surface area contributed by atoms with E-state index in [1.54, 1.807) is 17.4 Å². The van der Waals surface area contributed by atoms with Crippen molar-refractivity contribution in [2.45, 2.75) is 13.8 Å². The Bertz CT molecular complexity index is 1230. The number of benzene rings is 3. The number of nitrogens with zero attached hydrogens (tertiary/aromatic N) is 1. The van der Waals surface area contributed by atoms with E-state index in [0.717, 1.165) is 31.9 Å². The third-order valence-electron chi connectivity index (χ3n) is 4.47. The number of carbonyl (C=O) groups is 1. The molecule has 2 N–H and O–H groups in total. The molecular formula is C23H18ClN3OS2. The zero-order valence-electron chi connectivity index (χ0n) is 16.3. The largest absolute Gasteiger partial charge is 0.331 e. The summed E-state index contributed by atoms with van der Waals surface area (Å²) in [6.07, 6.45) is 0. The highest BCUT2D eigenvalue weighted by Gasteiger charge is 2.12. The van der Waals surface area contributed by atoms with Crippen LogP contribution in [0.3, 0.4) is 0 Å². The molecule has 1 amide bonds. The van der Waals surface area contributed by atoms with Gasteiger partial charge >= 0.3 is 0 Å². The Labute approximate surface area is 188 Å². The normalized spacial score (nSPS) is 10.8. The molecule has 4 aromatic rings. The monoisotopic (exact) mass is 451 g/mol. The smallest absolute Gasteiger partial charge is 0.257 e. The number of hydrogen-bond acceptors (Lipinski definition) is 4. The molecule has 0 bridgehead atoms. The molecule has 0 fully saturated rings. The molecule has 0 atom stereocenters. The summed E-state index contributed by atoms with van der Waals surface area (Å²) in [4.78, 5) is 17.2. The summed E-state index contributed by atoms with van der Waals surface area (Å²) in [5, 5.41) is 7.32. The number of anilines is 1. The fraction of sp³-hybridized carbons (Fsp3) is 0.0870. The second-order valence-electron chi connectivity index (χ2n) is 6.97. The Morgan fingerprint density at radius 2 is 1.77 bits per heavy atom. The van der Waals surface area contributed by atoms with Crippen LogP contribution in [0.5, 0.6) is 0 Å². The molecule has 4 nitrogen and oxygen atoms in total. The van der Waals surface area contributed by atoms with E-state index in [4.69, 9.17) is 23.8 Å². The fourth-order valence-corrected chi connectivity index (χ4v) is 4.51. The molecule has 0 saturated heterocycles. The molecule has 0 aliphatic rings. The first-order chi connectivity index (χ1) is 14.4. The lowest BCUT2D eigenvalue weighted by molar-refractivity contribution is 0.0977. The minimum atomic E-state index is -0.266. The van der Waals surface area contributed by atoms with Crippen molar-refractivity contribution in [3.8, 4) is 10.6 Å². The molecule has 0 unspecified atom stereocenters. The second kappa shape index (κ2) is 8.52. The summed E-state index contributed by atoms with van der Waals surface area (Å²) in [5.74, 6) is -0.266. The molecule has 0 spiro atoms. The van der Waals surface area contributed by atoms with Crippen molar-refractivity contribution >= 4 is 62.1 Å². The molecule has 0 aliphatic heterocycles. The Balaban J connectivity index is 1.53. The maximum Gasteiger partial charge on any atom is 0.257 e. The standard InChI is InChI=1S/C23H18ClN3OS2/c1-13-9-14(2)11-16(10-13)21(28)27-23(29)26-19-12-15(7-8-17(19)24)22-25-18-5-3-4-6-20(18)30-22/h3-12H,1-2H3,(H2,26,27,28,29). The van der Waals surface area contributed by atoms with E-state index >= 15 is 0 Å². The highest BCUT2D eigenvalue weighted by atomic mass is 35.5. The van der Waals surface area contributed by atoms with Gasteiger partial charge in [0, 0.05) is 11.1 Å². The molecule has 4 rings (SSSR count). The second-order valence-corrected chi connectivity index (χ2v) is 8.81. The lowest BCUT2D eigenvalue weighted by Crippen LogP contribution is -2.34. The van der Waals surface area contributed by atoms with Gasteiger partial charge in [-0.05, 0) is 62.5 Å². The van der Waals surface area contributed by atoms with Crippen molar-refractivity contribution in [2.24, 2.45) is 0 Å². The SMILES string of the molecule is Cc1cc(C)cc(C(=O)NC(=S)Nc2cc(-c3nc4ccccc4s3)ccc2Cl)c1. The van der Waals surface area contributed by atoms with E-state index < -0.39 is 0 Å². The molecule has 0 saturated carbocycles. The molecule has 7 heteroatoms. The van der Waals surface area contributed by atoms with Gasteiger partial charge in [-0.25, -0.2) is 4.98 Å². The number of hydrogen-bond donors (Lipinski definition) is 2. The Kier molecular flexibility index (Phi) is 5.81. The van der Waals surface area contributed by atoms with E-state index in [0.29, 0.717) is 16.3 Å². The van der Waals surface area contributed by atoms with Gasteiger partial charge in [0.25, 0.3) is 5.91 Å². The lowest BCUT2D eigenvalue weighted by Gasteiger charge is -2.12. The van der Waals surface area contributed by atoms with E-state index in [2.05, 4.69) is 15.6 Å². The predicted molar refractivity (Wildman–Crippen MR) is 130 cm³/mol. The molecule has 1 heterocycles. The third kappa shape index (κ3) is 4.51. The van der Waals surface area contributed by atoms with Gasteiger partial charge in [0.05, 0.1) is 20.9 Å². The number of rotatable bonds is 3. The maximum absolute atomic E-state index is 12.5. The Morgan fingerprint density at radius 3 is 2.50 bits per heavy atom. The number of halogens is 1. The molecule has 0 aliphatic carbocycles. The minimum absolute atomic E-state index is 0.183. The van der Waals surface area contributed by atoms with Gasteiger partial charge in [0.15, 0.2) is 5.11 Å². The van der Waals surface area contributed by atoms with Crippen molar-refractivity contribution in [2.75, 3.05) is 5.32 Å². The van der Waals surface area contributed by atoms with Gasteiger partial charge in [-0.3, -0.25) is 10.1 Å².